The molecule has 22 heavy (non-hydrogen) atoms. The highest BCUT2D eigenvalue weighted by molar-refractivity contribution is 7.89. The predicted octanol–water partition coefficient (Wildman–Crippen LogP) is 0.826. The molecule has 1 aromatic carbocycles. The molecule has 3 N–H and O–H groups in total. The molecule has 0 aliphatic carbocycles. The van der Waals surface area contributed by atoms with E-state index in [4.69, 9.17) is 5.73 Å². The van der Waals surface area contributed by atoms with Crippen LogP contribution in [0.15, 0.2) is 29.2 Å². The Morgan fingerprint density at radius 2 is 1.86 bits per heavy atom. The third-order valence-electron chi connectivity index (χ3n) is 3.75. The second kappa shape index (κ2) is 7.71. The standard InChI is InChI=1S/C15H23N3O3S/c16-9-8-15(19)17-12-13-6-2-3-7-14(13)22(20,21)18-10-4-1-5-11-18/h2-3,6-7H,1,4-5,8-12,16H2,(H,17,19). The van der Waals surface area contributed by atoms with Crippen molar-refractivity contribution in [1.29, 1.82) is 0 Å². The third-order valence-corrected chi connectivity index (χ3v) is 5.75. The van der Waals surface area contributed by atoms with Crippen LogP contribution in [0, 0.1) is 0 Å². The van der Waals surface area contributed by atoms with Gasteiger partial charge in [0.1, 0.15) is 0 Å². The van der Waals surface area contributed by atoms with Gasteiger partial charge >= 0.3 is 0 Å². The summed E-state index contributed by atoms with van der Waals surface area (Å²) in [6, 6.07) is 6.83. The van der Waals surface area contributed by atoms with E-state index >= 15 is 0 Å². The molecule has 122 valence electrons. The van der Waals surface area contributed by atoms with Gasteiger partial charge in [-0.25, -0.2) is 8.42 Å². The van der Waals surface area contributed by atoms with Crippen LogP contribution in [-0.2, 0) is 21.4 Å². The second-order valence-electron chi connectivity index (χ2n) is 5.39. The van der Waals surface area contributed by atoms with Gasteiger partial charge in [0.15, 0.2) is 0 Å². The van der Waals surface area contributed by atoms with Gasteiger partial charge in [0, 0.05) is 32.6 Å². The van der Waals surface area contributed by atoms with Gasteiger partial charge in [-0.05, 0) is 24.5 Å². The highest BCUT2D eigenvalue weighted by atomic mass is 32.2. The Morgan fingerprint density at radius 1 is 1.18 bits per heavy atom. The van der Waals surface area contributed by atoms with Crippen molar-refractivity contribution in [2.75, 3.05) is 19.6 Å². The van der Waals surface area contributed by atoms with Crippen molar-refractivity contribution in [2.45, 2.75) is 37.1 Å². The first-order valence-corrected chi connectivity index (χ1v) is 9.04. The Hall–Kier alpha value is -1.44. The monoisotopic (exact) mass is 325 g/mol. The van der Waals surface area contributed by atoms with Gasteiger partial charge in [0.25, 0.3) is 0 Å². The zero-order chi connectivity index (χ0) is 16.0. The van der Waals surface area contributed by atoms with Crippen LogP contribution in [0.5, 0.6) is 0 Å². The zero-order valence-corrected chi connectivity index (χ0v) is 13.4. The van der Waals surface area contributed by atoms with Crippen molar-refractivity contribution in [1.82, 2.24) is 9.62 Å². The number of sulfonamides is 1. The number of carbonyl (C=O) groups is 1. The Labute approximate surface area is 131 Å². The molecular formula is C15H23N3O3S. The number of piperidine rings is 1. The number of nitrogens with two attached hydrogens (primary N) is 1. The van der Waals surface area contributed by atoms with Gasteiger partial charge < -0.3 is 11.1 Å². The predicted molar refractivity (Wildman–Crippen MR) is 84.6 cm³/mol. The molecule has 0 unspecified atom stereocenters. The SMILES string of the molecule is NCCC(=O)NCc1ccccc1S(=O)(=O)N1CCCCC1. The summed E-state index contributed by atoms with van der Waals surface area (Å²) in [5.74, 6) is -0.173. The summed E-state index contributed by atoms with van der Waals surface area (Å²) >= 11 is 0. The summed E-state index contributed by atoms with van der Waals surface area (Å²) in [5, 5.41) is 2.71. The van der Waals surface area contributed by atoms with Crippen molar-refractivity contribution in [3.8, 4) is 0 Å². The molecule has 1 aromatic rings. The number of nitrogens with zero attached hydrogens (tertiary/aromatic N) is 1. The normalized spacial score (nSPS) is 16.4. The van der Waals surface area contributed by atoms with E-state index in [1.54, 1.807) is 24.3 Å². The van der Waals surface area contributed by atoms with E-state index in [1.165, 1.54) is 4.31 Å². The zero-order valence-electron chi connectivity index (χ0n) is 12.6. The smallest absolute Gasteiger partial charge is 0.243 e. The van der Waals surface area contributed by atoms with Gasteiger partial charge in [0.05, 0.1) is 4.90 Å². The number of hydrogen-bond acceptors (Lipinski definition) is 4. The lowest BCUT2D eigenvalue weighted by Crippen LogP contribution is -2.36. The summed E-state index contributed by atoms with van der Waals surface area (Å²) < 4.78 is 27.1. The first kappa shape index (κ1) is 16.9. The molecule has 0 spiro atoms. The number of carbonyl (C=O) groups excluding carboxylic acids is 1. The van der Waals surface area contributed by atoms with E-state index in [9.17, 15) is 13.2 Å². The molecule has 0 bridgehead atoms. The van der Waals surface area contributed by atoms with Crippen LogP contribution >= 0.6 is 0 Å². The fraction of sp³-hybridized carbons (Fsp3) is 0.533. The van der Waals surface area contributed by atoms with E-state index in [0.717, 1.165) is 19.3 Å². The van der Waals surface area contributed by atoms with E-state index in [2.05, 4.69) is 5.32 Å². The average molecular weight is 325 g/mol. The van der Waals surface area contributed by atoms with Crippen LogP contribution in [0.2, 0.25) is 0 Å². The third kappa shape index (κ3) is 4.06. The van der Waals surface area contributed by atoms with Gasteiger partial charge in [-0.15, -0.1) is 0 Å². The Bertz CT molecular complexity index is 610. The van der Waals surface area contributed by atoms with E-state index in [-0.39, 0.29) is 30.3 Å². The molecule has 1 aliphatic rings. The largest absolute Gasteiger partial charge is 0.352 e. The minimum atomic E-state index is -3.50. The molecule has 2 rings (SSSR count). The van der Waals surface area contributed by atoms with Crippen LogP contribution < -0.4 is 11.1 Å². The maximum atomic E-state index is 12.8. The summed E-state index contributed by atoms with van der Waals surface area (Å²) in [6.07, 6.45) is 3.10. The number of benzene rings is 1. The van der Waals surface area contributed by atoms with Crippen molar-refractivity contribution in [2.24, 2.45) is 5.73 Å². The highest BCUT2D eigenvalue weighted by Gasteiger charge is 2.27. The van der Waals surface area contributed by atoms with Crippen LogP contribution in [0.3, 0.4) is 0 Å². The lowest BCUT2D eigenvalue weighted by atomic mass is 10.2. The van der Waals surface area contributed by atoms with Crippen LogP contribution in [0.25, 0.3) is 0 Å². The summed E-state index contributed by atoms with van der Waals surface area (Å²) in [5.41, 5.74) is 5.94. The Balaban J connectivity index is 2.18. The summed E-state index contributed by atoms with van der Waals surface area (Å²) in [4.78, 5) is 11.8. The molecule has 0 saturated carbocycles. The van der Waals surface area contributed by atoms with E-state index in [1.807, 2.05) is 0 Å². The molecule has 1 aliphatic heterocycles. The molecule has 0 aromatic heterocycles. The number of rotatable bonds is 6. The topological polar surface area (TPSA) is 92.5 Å². The van der Waals surface area contributed by atoms with Crippen molar-refractivity contribution < 1.29 is 13.2 Å². The van der Waals surface area contributed by atoms with Crippen molar-refractivity contribution in [3.05, 3.63) is 29.8 Å². The van der Waals surface area contributed by atoms with Crippen molar-refractivity contribution in [3.63, 3.8) is 0 Å². The molecule has 1 amide bonds. The molecule has 0 radical (unpaired) electrons. The molecule has 1 heterocycles. The van der Waals surface area contributed by atoms with Crippen LogP contribution in [0.1, 0.15) is 31.2 Å². The lowest BCUT2D eigenvalue weighted by molar-refractivity contribution is -0.121. The maximum Gasteiger partial charge on any atom is 0.243 e. The van der Waals surface area contributed by atoms with Crippen molar-refractivity contribution >= 4 is 15.9 Å². The molecule has 1 saturated heterocycles. The Kier molecular flexibility index (Phi) is 5.93. The summed E-state index contributed by atoms with van der Waals surface area (Å²) in [6.45, 7) is 1.61. The number of nitrogens with one attached hydrogen (secondary N) is 1. The van der Waals surface area contributed by atoms with Gasteiger partial charge in [-0.1, -0.05) is 24.6 Å². The number of amides is 1. The quantitative estimate of drug-likeness (QED) is 0.810. The fourth-order valence-corrected chi connectivity index (χ4v) is 4.30. The molecule has 0 atom stereocenters. The highest BCUT2D eigenvalue weighted by Crippen LogP contribution is 2.23. The lowest BCUT2D eigenvalue weighted by Gasteiger charge is -2.26. The molecular weight excluding hydrogens is 302 g/mol. The fourth-order valence-electron chi connectivity index (χ4n) is 2.56. The first-order chi connectivity index (χ1) is 10.6. The van der Waals surface area contributed by atoms with Gasteiger partial charge in [-0.2, -0.15) is 4.31 Å². The van der Waals surface area contributed by atoms with E-state index < -0.39 is 10.0 Å². The Morgan fingerprint density at radius 3 is 2.55 bits per heavy atom. The summed E-state index contributed by atoms with van der Waals surface area (Å²) in [7, 11) is -3.50. The minimum absolute atomic E-state index is 0.173. The van der Waals surface area contributed by atoms with Crippen LogP contribution in [0.4, 0.5) is 0 Å². The number of hydrogen-bond donors (Lipinski definition) is 2. The second-order valence-corrected chi connectivity index (χ2v) is 7.29. The maximum absolute atomic E-state index is 12.8. The first-order valence-electron chi connectivity index (χ1n) is 7.60. The van der Waals surface area contributed by atoms with Crippen LogP contribution in [-0.4, -0.2) is 38.3 Å². The van der Waals surface area contributed by atoms with Gasteiger partial charge in [0.2, 0.25) is 15.9 Å². The minimum Gasteiger partial charge on any atom is -0.352 e. The average Bonchev–Trinajstić information content (AvgIpc) is 2.54. The molecule has 6 nitrogen and oxygen atoms in total. The molecule has 1 fully saturated rings. The molecule has 7 heteroatoms. The van der Waals surface area contributed by atoms with Gasteiger partial charge in [-0.3, -0.25) is 4.79 Å². The van der Waals surface area contributed by atoms with E-state index in [0.29, 0.717) is 18.7 Å².